The first-order valence-corrected chi connectivity index (χ1v) is 7.63. The third-order valence-corrected chi connectivity index (χ3v) is 5.32. The van der Waals surface area contributed by atoms with Crippen LogP contribution < -0.4 is 5.73 Å². The Hall–Kier alpha value is -1.38. The average Bonchev–Trinajstić information content (AvgIpc) is 3.05. The summed E-state index contributed by atoms with van der Waals surface area (Å²) >= 11 is 0. The minimum absolute atomic E-state index is 0.0758. The van der Waals surface area contributed by atoms with Crippen LogP contribution >= 0.6 is 0 Å². The number of nitrogens with zero attached hydrogens (tertiary/aromatic N) is 1. The van der Waals surface area contributed by atoms with Crippen LogP contribution in [0.5, 0.6) is 0 Å². The van der Waals surface area contributed by atoms with Crippen LogP contribution in [0.2, 0.25) is 0 Å². The Labute approximate surface area is 117 Å². The van der Waals surface area contributed by atoms with Crippen molar-refractivity contribution in [1.29, 1.82) is 0 Å². The van der Waals surface area contributed by atoms with Crippen LogP contribution in [0.15, 0.2) is 21.8 Å². The molecule has 7 nitrogen and oxygen atoms in total. The average molecular weight is 302 g/mol. The molecule has 0 saturated carbocycles. The quantitative estimate of drug-likeness (QED) is 0.809. The summed E-state index contributed by atoms with van der Waals surface area (Å²) < 4.78 is 35.7. The summed E-state index contributed by atoms with van der Waals surface area (Å²) in [5.74, 6) is -0.636. The molecule has 20 heavy (non-hydrogen) atoms. The minimum atomic E-state index is -3.74. The van der Waals surface area contributed by atoms with Crippen LogP contribution in [0.4, 0.5) is 0 Å². The van der Waals surface area contributed by atoms with Crippen molar-refractivity contribution in [3.05, 3.63) is 17.9 Å². The number of esters is 1. The van der Waals surface area contributed by atoms with Crippen LogP contribution in [-0.4, -0.2) is 45.4 Å². The van der Waals surface area contributed by atoms with Crippen molar-refractivity contribution in [3.8, 4) is 0 Å². The topological polar surface area (TPSA) is 103 Å². The van der Waals surface area contributed by atoms with E-state index in [0.717, 1.165) is 6.26 Å². The lowest BCUT2D eigenvalue weighted by Crippen LogP contribution is -2.34. The first-order chi connectivity index (χ1) is 9.32. The van der Waals surface area contributed by atoms with Crippen molar-refractivity contribution < 1.29 is 22.4 Å². The van der Waals surface area contributed by atoms with E-state index in [0.29, 0.717) is 26.1 Å². The number of carbonyl (C=O) groups is 1. The van der Waals surface area contributed by atoms with Crippen LogP contribution in [0.25, 0.3) is 0 Å². The zero-order valence-corrected chi connectivity index (χ0v) is 12.3. The van der Waals surface area contributed by atoms with Crippen molar-refractivity contribution in [2.75, 3.05) is 26.7 Å². The number of ether oxygens (including phenoxy) is 1. The predicted octanol–water partition coefficient (Wildman–Crippen LogP) is 0.426. The number of hydrogen-bond donors (Lipinski definition) is 1. The number of methoxy groups -OCH3 is 1. The van der Waals surface area contributed by atoms with E-state index in [-0.39, 0.29) is 16.1 Å². The maximum atomic E-state index is 12.4. The first kappa shape index (κ1) is 15.0. The maximum Gasteiger partial charge on any atom is 0.341 e. The van der Waals surface area contributed by atoms with E-state index in [1.807, 2.05) is 6.92 Å². The lowest BCUT2D eigenvalue weighted by molar-refractivity contribution is 0.0600. The highest BCUT2D eigenvalue weighted by atomic mass is 32.2. The summed E-state index contributed by atoms with van der Waals surface area (Å²) in [5.41, 5.74) is 5.53. The first-order valence-electron chi connectivity index (χ1n) is 6.19. The van der Waals surface area contributed by atoms with Crippen LogP contribution in [0.1, 0.15) is 23.7 Å². The lowest BCUT2D eigenvalue weighted by Gasteiger charge is -2.21. The van der Waals surface area contributed by atoms with E-state index >= 15 is 0 Å². The Balaban J connectivity index is 2.23. The molecule has 1 fully saturated rings. The molecule has 2 N–H and O–H groups in total. The van der Waals surface area contributed by atoms with Gasteiger partial charge >= 0.3 is 5.97 Å². The summed E-state index contributed by atoms with van der Waals surface area (Å²) in [6.45, 7) is 3.11. The molecule has 0 aromatic carbocycles. The molecule has 1 unspecified atom stereocenters. The van der Waals surface area contributed by atoms with Crippen molar-refractivity contribution >= 4 is 16.0 Å². The highest BCUT2D eigenvalue weighted by molar-refractivity contribution is 7.89. The SMILES string of the molecule is COC(=O)c1coc(S(=O)(=O)N2CCC(C)(CN)C2)c1. The lowest BCUT2D eigenvalue weighted by atomic mass is 9.90. The molecule has 2 heterocycles. The van der Waals surface area contributed by atoms with Gasteiger partial charge in [-0.05, 0) is 18.4 Å². The molecule has 0 spiro atoms. The molecule has 1 atom stereocenters. The number of sulfonamides is 1. The van der Waals surface area contributed by atoms with E-state index in [4.69, 9.17) is 10.2 Å². The normalized spacial score (nSPS) is 23.9. The van der Waals surface area contributed by atoms with Gasteiger partial charge in [0.25, 0.3) is 10.0 Å². The number of hydrogen-bond acceptors (Lipinski definition) is 6. The highest BCUT2D eigenvalue weighted by Gasteiger charge is 2.40. The third-order valence-electron chi connectivity index (χ3n) is 3.61. The number of carbonyl (C=O) groups excluding carboxylic acids is 1. The van der Waals surface area contributed by atoms with Crippen molar-refractivity contribution in [3.63, 3.8) is 0 Å². The molecule has 0 radical (unpaired) electrons. The fraction of sp³-hybridized carbons (Fsp3) is 0.583. The van der Waals surface area contributed by atoms with Gasteiger partial charge in [-0.15, -0.1) is 0 Å². The van der Waals surface area contributed by atoms with E-state index in [9.17, 15) is 13.2 Å². The fourth-order valence-corrected chi connectivity index (χ4v) is 3.67. The van der Waals surface area contributed by atoms with Gasteiger partial charge in [-0.3, -0.25) is 0 Å². The Morgan fingerprint density at radius 2 is 2.30 bits per heavy atom. The Morgan fingerprint density at radius 1 is 1.60 bits per heavy atom. The monoisotopic (exact) mass is 302 g/mol. The fourth-order valence-electron chi connectivity index (χ4n) is 2.15. The van der Waals surface area contributed by atoms with Crippen molar-refractivity contribution in [2.24, 2.45) is 11.1 Å². The zero-order chi connectivity index (χ0) is 15.0. The van der Waals surface area contributed by atoms with E-state index < -0.39 is 16.0 Å². The van der Waals surface area contributed by atoms with Crippen LogP contribution in [0.3, 0.4) is 0 Å². The second-order valence-corrected chi connectivity index (χ2v) is 7.12. The van der Waals surface area contributed by atoms with Crippen LogP contribution in [0, 0.1) is 5.41 Å². The molecule has 1 saturated heterocycles. The Morgan fingerprint density at radius 3 is 2.85 bits per heavy atom. The standard InChI is InChI=1S/C12H18N2O5S/c1-12(7-13)3-4-14(8-12)20(16,17)10-5-9(6-19-10)11(15)18-2/h5-6H,3-4,7-8,13H2,1-2H3. The van der Waals surface area contributed by atoms with Gasteiger partial charge in [0.1, 0.15) is 6.26 Å². The highest BCUT2D eigenvalue weighted by Crippen LogP contribution is 2.32. The Bertz CT molecular complexity index is 609. The molecule has 0 aliphatic carbocycles. The molecule has 2 rings (SSSR count). The van der Waals surface area contributed by atoms with Gasteiger partial charge in [-0.1, -0.05) is 6.92 Å². The van der Waals surface area contributed by atoms with Crippen molar-refractivity contribution in [2.45, 2.75) is 18.4 Å². The van der Waals surface area contributed by atoms with Gasteiger partial charge in [0.05, 0.1) is 12.7 Å². The summed E-state index contributed by atoms with van der Waals surface area (Å²) in [6, 6.07) is 1.18. The smallest absolute Gasteiger partial charge is 0.341 e. The second-order valence-electron chi connectivity index (χ2n) is 5.25. The molecule has 0 amide bonds. The van der Waals surface area contributed by atoms with E-state index in [1.54, 1.807) is 0 Å². The molecular weight excluding hydrogens is 284 g/mol. The third kappa shape index (κ3) is 2.58. The van der Waals surface area contributed by atoms with Gasteiger partial charge in [0.2, 0.25) is 5.09 Å². The molecule has 112 valence electrons. The molecule has 1 aliphatic rings. The summed E-state index contributed by atoms with van der Waals surface area (Å²) in [4.78, 5) is 11.3. The minimum Gasteiger partial charge on any atom is -0.465 e. The summed E-state index contributed by atoms with van der Waals surface area (Å²) in [6.07, 6.45) is 1.78. The number of furan rings is 1. The summed E-state index contributed by atoms with van der Waals surface area (Å²) in [5, 5.41) is -0.251. The number of rotatable bonds is 4. The molecule has 1 aliphatic heterocycles. The van der Waals surface area contributed by atoms with Gasteiger partial charge in [0, 0.05) is 19.2 Å². The Kier molecular flexibility index (Phi) is 3.90. The molecule has 8 heteroatoms. The zero-order valence-electron chi connectivity index (χ0n) is 11.5. The molecule has 1 aromatic heterocycles. The second kappa shape index (κ2) is 5.19. The van der Waals surface area contributed by atoms with Gasteiger partial charge in [-0.25, -0.2) is 13.2 Å². The van der Waals surface area contributed by atoms with E-state index in [1.165, 1.54) is 17.5 Å². The van der Waals surface area contributed by atoms with Gasteiger partial charge in [0.15, 0.2) is 0 Å². The maximum absolute atomic E-state index is 12.4. The summed E-state index contributed by atoms with van der Waals surface area (Å²) in [7, 11) is -2.52. The molecular formula is C12H18N2O5S. The van der Waals surface area contributed by atoms with Crippen molar-refractivity contribution in [1.82, 2.24) is 4.31 Å². The molecule has 0 bridgehead atoms. The van der Waals surface area contributed by atoms with E-state index in [2.05, 4.69) is 4.74 Å². The van der Waals surface area contributed by atoms with Gasteiger partial charge < -0.3 is 14.9 Å². The predicted molar refractivity (Wildman–Crippen MR) is 70.6 cm³/mol. The van der Waals surface area contributed by atoms with Gasteiger partial charge in [-0.2, -0.15) is 4.31 Å². The largest absolute Gasteiger partial charge is 0.465 e. The molecule has 1 aromatic rings. The van der Waals surface area contributed by atoms with Crippen LogP contribution in [-0.2, 0) is 14.8 Å². The number of nitrogens with two attached hydrogens (primary N) is 1.